The minimum Gasteiger partial charge on any atom is -0.454 e. The number of carbonyl (C=O) groups excluding carboxylic acids is 4. The highest BCUT2D eigenvalue weighted by Gasteiger charge is 2.47. The first kappa shape index (κ1) is 23.4. The third-order valence-corrected chi connectivity index (χ3v) is 5.72. The number of hydrogen-bond donors (Lipinski definition) is 1. The molecule has 172 valence electrons. The Morgan fingerprint density at radius 3 is 2.50 bits per heavy atom. The molecule has 1 aromatic carbocycles. The minimum atomic E-state index is -1.29. The summed E-state index contributed by atoms with van der Waals surface area (Å²) in [6.07, 6.45) is 5.06. The number of imide groups is 1. The van der Waals surface area contributed by atoms with Crippen molar-refractivity contribution < 1.29 is 28.8 Å². The molecule has 1 aromatic rings. The van der Waals surface area contributed by atoms with E-state index >= 15 is 0 Å². The van der Waals surface area contributed by atoms with Gasteiger partial charge in [-0.3, -0.25) is 29.4 Å². The Morgan fingerprint density at radius 2 is 1.88 bits per heavy atom. The second-order valence-electron chi connectivity index (χ2n) is 8.59. The molecule has 2 aliphatic rings. The van der Waals surface area contributed by atoms with E-state index < -0.39 is 47.0 Å². The van der Waals surface area contributed by atoms with Crippen LogP contribution < -0.4 is 5.32 Å². The van der Waals surface area contributed by atoms with Gasteiger partial charge < -0.3 is 10.1 Å². The fourth-order valence-electron chi connectivity index (χ4n) is 4.22. The van der Waals surface area contributed by atoms with Gasteiger partial charge in [-0.25, -0.2) is 4.79 Å². The molecule has 0 radical (unpaired) electrons. The number of esters is 1. The van der Waals surface area contributed by atoms with E-state index in [1.807, 2.05) is 0 Å². The maximum atomic E-state index is 13.0. The van der Waals surface area contributed by atoms with Gasteiger partial charge >= 0.3 is 5.97 Å². The average Bonchev–Trinajstić information content (AvgIpc) is 3.01. The van der Waals surface area contributed by atoms with Gasteiger partial charge in [0.2, 0.25) is 0 Å². The lowest BCUT2D eigenvalue weighted by molar-refractivity contribution is -0.385. The number of amides is 3. The van der Waals surface area contributed by atoms with Crippen molar-refractivity contribution in [1.82, 2.24) is 10.2 Å². The van der Waals surface area contributed by atoms with Crippen molar-refractivity contribution in [2.75, 3.05) is 6.61 Å². The number of rotatable bonds is 8. The molecule has 1 aliphatic carbocycles. The lowest BCUT2D eigenvalue weighted by Gasteiger charge is -2.26. The van der Waals surface area contributed by atoms with Gasteiger partial charge in [0, 0.05) is 12.1 Å². The number of carbonyl (C=O) groups is 4. The molecule has 1 heterocycles. The standard InChI is InChI=1S/C22H27N3O7/c1-13(2)11-17(22(29)32-12-18(26)23-14-7-4-3-5-8-14)24-20(27)15-9-6-10-16(25(30)31)19(15)21(24)28/h6,9-10,13-14,17H,3-5,7-8,11-12H2,1-2H3,(H,23,26)/t17-/m1/s1. The topological polar surface area (TPSA) is 136 Å². The molecule has 0 aromatic heterocycles. The highest BCUT2D eigenvalue weighted by Crippen LogP contribution is 2.33. The molecule has 10 nitrogen and oxygen atoms in total. The highest BCUT2D eigenvalue weighted by molar-refractivity contribution is 6.24. The number of nitro benzene ring substituents is 1. The van der Waals surface area contributed by atoms with E-state index in [4.69, 9.17) is 4.74 Å². The van der Waals surface area contributed by atoms with E-state index in [2.05, 4.69) is 5.32 Å². The van der Waals surface area contributed by atoms with Crippen molar-refractivity contribution >= 4 is 29.4 Å². The van der Waals surface area contributed by atoms with E-state index in [9.17, 15) is 29.3 Å². The molecule has 1 saturated carbocycles. The van der Waals surface area contributed by atoms with E-state index in [0.29, 0.717) is 0 Å². The zero-order chi connectivity index (χ0) is 23.4. The van der Waals surface area contributed by atoms with Crippen molar-refractivity contribution in [2.24, 2.45) is 5.92 Å². The molecule has 0 saturated heterocycles. The SMILES string of the molecule is CC(C)C[C@H](C(=O)OCC(=O)NC1CCCCC1)N1C(=O)c2cccc([N+](=O)[O-])c2C1=O. The summed E-state index contributed by atoms with van der Waals surface area (Å²) < 4.78 is 5.16. The molecule has 1 N–H and O–H groups in total. The van der Waals surface area contributed by atoms with Gasteiger partial charge in [0.05, 0.1) is 10.5 Å². The van der Waals surface area contributed by atoms with E-state index in [-0.39, 0.29) is 29.5 Å². The zero-order valence-corrected chi connectivity index (χ0v) is 18.2. The van der Waals surface area contributed by atoms with Gasteiger partial charge in [-0.05, 0) is 31.2 Å². The van der Waals surface area contributed by atoms with Gasteiger partial charge in [0.25, 0.3) is 23.4 Å². The van der Waals surface area contributed by atoms with E-state index in [1.165, 1.54) is 12.1 Å². The number of ether oxygens (including phenoxy) is 1. The summed E-state index contributed by atoms with van der Waals surface area (Å²) >= 11 is 0. The lowest BCUT2D eigenvalue weighted by Crippen LogP contribution is -2.47. The zero-order valence-electron chi connectivity index (χ0n) is 18.2. The second kappa shape index (κ2) is 9.88. The lowest BCUT2D eigenvalue weighted by atomic mass is 9.95. The Kier molecular flexibility index (Phi) is 7.22. The quantitative estimate of drug-likeness (QED) is 0.281. The van der Waals surface area contributed by atoms with Crippen molar-refractivity contribution in [3.63, 3.8) is 0 Å². The Balaban J connectivity index is 1.74. The predicted molar refractivity (Wildman–Crippen MR) is 113 cm³/mol. The normalized spacial score (nSPS) is 17.3. The van der Waals surface area contributed by atoms with Crippen LogP contribution in [-0.4, -0.2) is 52.2 Å². The maximum Gasteiger partial charge on any atom is 0.329 e. The molecule has 3 rings (SSSR count). The van der Waals surface area contributed by atoms with Crippen LogP contribution >= 0.6 is 0 Å². The fourth-order valence-corrected chi connectivity index (χ4v) is 4.22. The summed E-state index contributed by atoms with van der Waals surface area (Å²) in [5, 5.41) is 14.2. The van der Waals surface area contributed by atoms with Crippen LogP contribution in [-0.2, 0) is 14.3 Å². The van der Waals surface area contributed by atoms with E-state index in [0.717, 1.165) is 43.1 Å². The van der Waals surface area contributed by atoms with Crippen molar-refractivity contribution in [1.29, 1.82) is 0 Å². The molecule has 0 bridgehead atoms. The molecule has 32 heavy (non-hydrogen) atoms. The number of nitrogens with one attached hydrogen (secondary N) is 1. The molecule has 1 fully saturated rings. The molecule has 1 aliphatic heterocycles. The van der Waals surface area contributed by atoms with Crippen molar-refractivity contribution in [3.05, 3.63) is 39.4 Å². The molecule has 0 spiro atoms. The van der Waals surface area contributed by atoms with Gasteiger partial charge in [0.1, 0.15) is 11.6 Å². The van der Waals surface area contributed by atoms with Crippen LogP contribution in [0.2, 0.25) is 0 Å². The van der Waals surface area contributed by atoms with Crippen LogP contribution in [0.5, 0.6) is 0 Å². The van der Waals surface area contributed by atoms with Gasteiger partial charge in [-0.15, -0.1) is 0 Å². The maximum absolute atomic E-state index is 13.0. The van der Waals surface area contributed by atoms with Crippen molar-refractivity contribution in [3.8, 4) is 0 Å². The van der Waals surface area contributed by atoms with Gasteiger partial charge in [0.15, 0.2) is 6.61 Å². The second-order valence-corrected chi connectivity index (χ2v) is 8.59. The predicted octanol–water partition coefficient (Wildman–Crippen LogP) is 2.60. The summed E-state index contributed by atoms with van der Waals surface area (Å²) in [4.78, 5) is 62.2. The summed E-state index contributed by atoms with van der Waals surface area (Å²) in [6, 6.07) is 2.54. The molecule has 3 amide bonds. The van der Waals surface area contributed by atoms with Crippen molar-refractivity contribution in [2.45, 2.75) is 64.5 Å². The Labute approximate surface area is 185 Å². The largest absolute Gasteiger partial charge is 0.454 e. The third-order valence-electron chi connectivity index (χ3n) is 5.72. The number of benzene rings is 1. The number of nitrogens with zero attached hydrogens (tertiary/aromatic N) is 2. The Bertz CT molecular complexity index is 937. The molecule has 10 heteroatoms. The Morgan fingerprint density at radius 1 is 1.19 bits per heavy atom. The van der Waals surface area contributed by atoms with Crippen LogP contribution in [0, 0.1) is 16.0 Å². The van der Waals surface area contributed by atoms with Crippen LogP contribution in [0.1, 0.15) is 73.1 Å². The summed E-state index contributed by atoms with van der Waals surface area (Å²) in [5.41, 5.74) is -0.952. The first-order valence-electron chi connectivity index (χ1n) is 10.8. The first-order chi connectivity index (χ1) is 15.2. The van der Waals surface area contributed by atoms with Crippen LogP contribution in [0.4, 0.5) is 5.69 Å². The average molecular weight is 445 g/mol. The summed E-state index contributed by atoms with van der Waals surface area (Å²) in [7, 11) is 0. The highest BCUT2D eigenvalue weighted by atomic mass is 16.6. The Hall–Kier alpha value is -3.30. The smallest absolute Gasteiger partial charge is 0.329 e. The number of nitro groups is 1. The molecule has 1 atom stereocenters. The van der Waals surface area contributed by atoms with Gasteiger partial charge in [-0.1, -0.05) is 39.2 Å². The van der Waals surface area contributed by atoms with Crippen LogP contribution in [0.3, 0.4) is 0 Å². The van der Waals surface area contributed by atoms with Crippen LogP contribution in [0.25, 0.3) is 0 Å². The fraction of sp³-hybridized carbons (Fsp3) is 0.545. The van der Waals surface area contributed by atoms with Crippen LogP contribution in [0.15, 0.2) is 18.2 Å². The molecular weight excluding hydrogens is 418 g/mol. The monoisotopic (exact) mass is 445 g/mol. The van der Waals surface area contributed by atoms with E-state index in [1.54, 1.807) is 13.8 Å². The summed E-state index contributed by atoms with van der Waals surface area (Å²) in [5.74, 6) is -3.13. The number of fused-ring (bicyclic) bond motifs is 1. The minimum absolute atomic E-state index is 0.0539. The molecule has 0 unspecified atom stereocenters. The first-order valence-corrected chi connectivity index (χ1v) is 10.8. The third kappa shape index (κ3) is 4.95. The molecular formula is C22H27N3O7. The summed E-state index contributed by atoms with van der Waals surface area (Å²) in [6.45, 7) is 3.08. The number of hydrogen-bond acceptors (Lipinski definition) is 7. The van der Waals surface area contributed by atoms with Gasteiger partial charge in [-0.2, -0.15) is 0 Å².